The van der Waals surface area contributed by atoms with Crippen molar-refractivity contribution in [1.29, 1.82) is 0 Å². The number of rotatable bonds is 3. The second-order valence-corrected chi connectivity index (χ2v) is 7.27. The van der Waals surface area contributed by atoms with Gasteiger partial charge in [0.15, 0.2) is 5.11 Å². The summed E-state index contributed by atoms with van der Waals surface area (Å²) < 4.78 is 7.44. The van der Waals surface area contributed by atoms with Crippen molar-refractivity contribution in [2.45, 2.75) is 32.2 Å². The number of ether oxygens (including phenoxy) is 1. The number of methoxy groups -OCH3 is 1. The number of anilines is 1. The van der Waals surface area contributed by atoms with Gasteiger partial charge < -0.3 is 19.5 Å². The van der Waals surface area contributed by atoms with Gasteiger partial charge in [-0.05, 0) is 73.8 Å². The third-order valence-electron chi connectivity index (χ3n) is 5.10. The molecule has 1 N–H and O–H groups in total. The van der Waals surface area contributed by atoms with Gasteiger partial charge in [0.25, 0.3) is 0 Å². The zero-order valence-corrected chi connectivity index (χ0v) is 16.1. The third kappa shape index (κ3) is 4.15. The summed E-state index contributed by atoms with van der Waals surface area (Å²) >= 11 is 5.78. The summed E-state index contributed by atoms with van der Waals surface area (Å²) in [6, 6.07) is 12.6. The molecule has 5 heteroatoms. The standard InChI is InChI=1S/C20H27N3OS/c1-15-6-11-19(18-5-4-13-22(18)2)23(14-12-15)20(25)21-16-7-9-17(24-3)10-8-16/h4-5,7-10,13,15,19H,6,11-12,14H2,1-3H3,(H,21,25)/t15-,19-/m1/s1. The van der Waals surface area contributed by atoms with Gasteiger partial charge in [-0.3, -0.25) is 0 Å². The highest BCUT2D eigenvalue weighted by molar-refractivity contribution is 7.80. The molecule has 0 saturated carbocycles. The number of nitrogens with one attached hydrogen (secondary N) is 1. The Kier molecular flexibility index (Phi) is 5.63. The van der Waals surface area contributed by atoms with Crippen molar-refractivity contribution in [1.82, 2.24) is 9.47 Å². The summed E-state index contributed by atoms with van der Waals surface area (Å²) in [6.45, 7) is 3.32. The molecule has 1 aromatic carbocycles. The Morgan fingerprint density at radius 2 is 1.92 bits per heavy atom. The van der Waals surface area contributed by atoms with Gasteiger partial charge in [-0.15, -0.1) is 0 Å². The predicted molar refractivity (Wildman–Crippen MR) is 107 cm³/mol. The van der Waals surface area contributed by atoms with Gasteiger partial charge in [0.05, 0.1) is 13.2 Å². The second kappa shape index (κ2) is 7.91. The maximum absolute atomic E-state index is 5.78. The van der Waals surface area contributed by atoms with Gasteiger partial charge in [0, 0.05) is 31.2 Å². The fourth-order valence-corrected chi connectivity index (χ4v) is 3.84. The molecular formula is C20H27N3OS. The van der Waals surface area contributed by atoms with Crippen LogP contribution in [0, 0.1) is 5.92 Å². The average Bonchev–Trinajstić information content (AvgIpc) is 2.94. The molecule has 0 spiro atoms. The fourth-order valence-electron chi connectivity index (χ4n) is 3.50. The van der Waals surface area contributed by atoms with Crippen LogP contribution in [-0.4, -0.2) is 28.2 Å². The molecule has 1 fully saturated rings. The monoisotopic (exact) mass is 357 g/mol. The fraction of sp³-hybridized carbons (Fsp3) is 0.450. The van der Waals surface area contributed by atoms with Crippen LogP contribution in [0.15, 0.2) is 42.6 Å². The van der Waals surface area contributed by atoms with Gasteiger partial charge >= 0.3 is 0 Å². The van der Waals surface area contributed by atoms with Crippen LogP contribution in [0.1, 0.15) is 37.9 Å². The van der Waals surface area contributed by atoms with Gasteiger partial charge in [-0.2, -0.15) is 0 Å². The molecule has 1 aliphatic rings. The van der Waals surface area contributed by atoms with Crippen molar-refractivity contribution in [3.8, 4) is 5.75 Å². The highest BCUT2D eigenvalue weighted by Crippen LogP contribution is 2.33. The minimum Gasteiger partial charge on any atom is -0.497 e. The van der Waals surface area contributed by atoms with E-state index in [4.69, 9.17) is 17.0 Å². The van der Waals surface area contributed by atoms with Crippen molar-refractivity contribution in [3.05, 3.63) is 48.3 Å². The summed E-state index contributed by atoms with van der Waals surface area (Å²) in [5.41, 5.74) is 2.32. The Morgan fingerprint density at radius 3 is 2.56 bits per heavy atom. The lowest BCUT2D eigenvalue weighted by Gasteiger charge is -2.33. The molecule has 1 aromatic heterocycles. The van der Waals surface area contributed by atoms with Crippen molar-refractivity contribution in [2.24, 2.45) is 13.0 Å². The van der Waals surface area contributed by atoms with E-state index in [1.54, 1.807) is 7.11 Å². The van der Waals surface area contributed by atoms with Crippen molar-refractivity contribution in [2.75, 3.05) is 19.0 Å². The van der Waals surface area contributed by atoms with E-state index in [1.165, 1.54) is 18.5 Å². The van der Waals surface area contributed by atoms with Gasteiger partial charge in [0.2, 0.25) is 0 Å². The van der Waals surface area contributed by atoms with E-state index in [1.807, 2.05) is 24.3 Å². The molecule has 1 aliphatic heterocycles. The Balaban J connectivity index is 1.79. The molecule has 3 rings (SSSR count). The molecule has 4 nitrogen and oxygen atoms in total. The minimum absolute atomic E-state index is 0.322. The molecule has 2 atom stereocenters. The number of nitrogens with zero attached hydrogens (tertiary/aromatic N) is 2. The van der Waals surface area contributed by atoms with Gasteiger partial charge in [-0.1, -0.05) is 6.92 Å². The number of hydrogen-bond acceptors (Lipinski definition) is 2. The maximum Gasteiger partial charge on any atom is 0.173 e. The van der Waals surface area contributed by atoms with Crippen LogP contribution in [-0.2, 0) is 7.05 Å². The Hall–Kier alpha value is -2.01. The SMILES string of the molecule is COc1ccc(NC(=S)N2CC[C@H](C)CC[C@@H]2c2cccn2C)cc1. The Morgan fingerprint density at radius 1 is 1.16 bits per heavy atom. The van der Waals surface area contributed by atoms with Crippen molar-refractivity contribution >= 4 is 23.0 Å². The van der Waals surface area contributed by atoms with Crippen LogP contribution >= 0.6 is 12.2 Å². The summed E-state index contributed by atoms with van der Waals surface area (Å²) in [5.74, 6) is 1.58. The summed E-state index contributed by atoms with van der Waals surface area (Å²) in [4.78, 5) is 2.36. The van der Waals surface area contributed by atoms with Crippen LogP contribution in [0.4, 0.5) is 5.69 Å². The molecule has 134 valence electrons. The summed E-state index contributed by atoms with van der Waals surface area (Å²) in [6.07, 6.45) is 5.65. The Bertz CT molecular complexity index is 710. The van der Waals surface area contributed by atoms with E-state index >= 15 is 0 Å². The molecular weight excluding hydrogens is 330 g/mol. The topological polar surface area (TPSA) is 29.4 Å². The normalized spacial score (nSPS) is 20.8. The lowest BCUT2D eigenvalue weighted by atomic mass is 10.0. The molecule has 0 aliphatic carbocycles. The summed E-state index contributed by atoms with van der Waals surface area (Å²) in [5, 5.41) is 4.21. The zero-order chi connectivity index (χ0) is 17.8. The first-order chi connectivity index (χ1) is 12.1. The quantitative estimate of drug-likeness (QED) is 0.814. The van der Waals surface area contributed by atoms with Crippen LogP contribution in [0.25, 0.3) is 0 Å². The highest BCUT2D eigenvalue weighted by atomic mass is 32.1. The van der Waals surface area contributed by atoms with E-state index < -0.39 is 0 Å². The van der Waals surface area contributed by atoms with Crippen LogP contribution in [0.3, 0.4) is 0 Å². The van der Waals surface area contributed by atoms with E-state index in [0.29, 0.717) is 6.04 Å². The van der Waals surface area contributed by atoms with E-state index in [0.717, 1.165) is 35.4 Å². The largest absolute Gasteiger partial charge is 0.497 e. The van der Waals surface area contributed by atoms with Crippen molar-refractivity contribution in [3.63, 3.8) is 0 Å². The van der Waals surface area contributed by atoms with Gasteiger partial charge in [0.1, 0.15) is 5.75 Å². The Labute approximate surface area is 155 Å². The van der Waals surface area contributed by atoms with Crippen LogP contribution in [0.5, 0.6) is 5.75 Å². The molecule has 2 heterocycles. The molecule has 0 amide bonds. The van der Waals surface area contributed by atoms with Crippen molar-refractivity contribution < 1.29 is 4.74 Å². The number of aryl methyl sites for hydroxylation is 1. The molecule has 1 saturated heterocycles. The number of thiocarbonyl (C=S) groups is 1. The third-order valence-corrected chi connectivity index (χ3v) is 5.44. The first kappa shape index (κ1) is 17.8. The summed E-state index contributed by atoms with van der Waals surface area (Å²) in [7, 11) is 3.79. The molecule has 0 radical (unpaired) electrons. The molecule has 25 heavy (non-hydrogen) atoms. The maximum atomic E-state index is 5.78. The lowest BCUT2D eigenvalue weighted by molar-refractivity contribution is 0.314. The first-order valence-corrected chi connectivity index (χ1v) is 9.32. The minimum atomic E-state index is 0.322. The zero-order valence-electron chi connectivity index (χ0n) is 15.2. The molecule has 0 unspecified atom stereocenters. The number of hydrogen-bond donors (Lipinski definition) is 1. The second-order valence-electron chi connectivity index (χ2n) is 6.88. The molecule has 2 aromatic rings. The van der Waals surface area contributed by atoms with E-state index in [2.05, 4.69) is 47.1 Å². The number of benzene rings is 1. The van der Waals surface area contributed by atoms with Crippen LogP contribution < -0.4 is 10.1 Å². The average molecular weight is 358 g/mol. The first-order valence-electron chi connectivity index (χ1n) is 8.91. The lowest BCUT2D eigenvalue weighted by Crippen LogP contribution is -2.38. The molecule has 0 bridgehead atoms. The van der Waals surface area contributed by atoms with Gasteiger partial charge in [-0.25, -0.2) is 0 Å². The number of likely N-dealkylation sites (tertiary alicyclic amines) is 1. The van der Waals surface area contributed by atoms with E-state index in [-0.39, 0.29) is 0 Å². The predicted octanol–water partition coefficient (Wildman–Crippen LogP) is 4.59. The van der Waals surface area contributed by atoms with Crippen LogP contribution in [0.2, 0.25) is 0 Å². The highest BCUT2D eigenvalue weighted by Gasteiger charge is 2.28. The van der Waals surface area contributed by atoms with E-state index in [9.17, 15) is 0 Å². The smallest absolute Gasteiger partial charge is 0.173 e. The number of aromatic nitrogens is 1.